The minimum Gasteiger partial charge on any atom is -0.274 e. The number of hydrogen-bond donors (Lipinski definition) is 3. The SMILES string of the molecule is CC#Cc1cccc(N(N)C(=O)NN)c1I. The van der Waals surface area contributed by atoms with Gasteiger partial charge in [-0.25, -0.2) is 21.5 Å². The molecule has 0 radical (unpaired) electrons. The zero-order chi connectivity index (χ0) is 12.1. The topological polar surface area (TPSA) is 84.4 Å². The van der Waals surface area contributed by atoms with Gasteiger partial charge in [-0.1, -0.05) is 12.0 Å². The van der Waals surface area contributed by atoms with E-state index in [4.69, 9.17) is 11.7 Å². The van der Waals surface area contributed by atoms with Gasteiger partial charge in [-0.15, -0.1) is 5.92 Å². The number of nitrogens with one attached hydrogen (secondary N) is 1. The van der Waals surface area contributed by atoms with Crippen molar-refractivity contribution in [3.63, 3.8) is 0 Å². The lowest BCUT2D eigenvalue weighted by atomic mass is 10.2. The van der Waals surface area contributed by atoms with Gasteiger partial charge in [0.25, 0.3) is 0 Å². The van der Waals surface area contributed by atoms with Crippen LogP contribution in [-0.2, 0) is 0 Å². The summed E-state index contributed by atoms with van der Waals surface area (Å²) < 4.78 is 0.806. The fourth-order valence-electron chi connectivity index (χ4n) is 1.12. The first-order valence-electron chi connectivity index (χ1n) is 4.38. The van der Waals surface area contributed by atoms with E-state index in [1.54, 1.807) is 19.1 Å². The molecule has 5 N–H and O–H groups in total. The van der Waals surface area contributed by atoms with Gasteiger partial charge in [0.05, 0.1) is 9.26 Å². The van der Waals surface area contributed by atoms with Crippen LogP contribution in [0.25, 0.3) is 0 Å². The molecule has 84 valence electrons. The molecule has 0 aliphatic carbocycles. The molecule has 6 heteroatoms. The molecule has 0 aromatic heterocycles. The van der Waals surface area contributed by atoms with Gasteiger partial charge in [0.1, 0.15) is 0 Å². The first kappa shape index (κ1) is 12.8. The van der Waals surface area contributed by atoms with Crippen molar-refractivity contribution in [3.8, 4) is 11.8 Å². The van der Waals surface area contributed by atoms with E-state index in [1.807, 2.05) is 11.5 Å². The molecular formula is C10H11IN4O. The van der Waals surface area contributed by atoms with Crippen LogP contribution in [0.1, 0.15) is 12.5 Å². The van der Waals surface area contributed by atoms with Crippen LogP contribution in [0.5, 0.6) is 0 Å². The molecule has 0 bridgehead atoms. The maximum Gasteiger partial charge on any atom is 0.350 e. The largest absolute Gasteiger partial charge is 0.350 e. The number of halogens is 1. The van der Waals surface area contributed by atoms with Gasteiger partial charge in [0, 0.05) is 5.56 Å². The summed E-state index contributed by atoms with van der Waals surface area (Å²) in [5.74, 6) is 16.3. The summed E-state index contributed by atoms with van der Waals surface area (Å²) in [4.78, 5) is 11.3. The minimum absolute atomic E-state index is 0.559. The van der Waals surface area contributed by atoms with E-state index in [1.165, 1.54) is 0 Å². The Morgan fingerprint density at radius 2 is 2.25 bits per heavy atom. The third kappa shape index (κ3) is 2.63. The van der Waals surface area contributed by atoms with Crippen molar-refractivity contribution in [1.82, 2.24) is 5.43 Å². The van der Waals surface area contributed by atoms with Gasteiger partial charge in [-0.2, -0.15) is 0 Å². The average molecular weight is 330 g/mol. The second kappa shape index (κ2) is 5.69. The molecule has 16 heavy (non-hydrogen) atoms. The van der Waals surface area contributed by atoms with E-state index in [9.17, 15) is 4.79 Å². The standard InChI is InChI=1S/C10H11IN4O/c1-2-4-7-5-3-6-8(9(7)11)15(13)10(16)14-12/h3,5-6H,12-13H2,1H3,(H,14,16). The van der Waals surface area contributed by atoms with E-state index < -0.39 is 6.03 Å². The highest BCUT2D eigenvalue weighted by Gasteiger charge is 2.14. The summed E-state index contributed by atoms with van der Waals surface area (Å²) in [6, 6.07) is 4.77. The third-order valence-corrected chi connectivity index (χ3v) is 2.97. The number of carbonyl (C=O) groups excluding carboxylic acids is 1. The molecule has 0 saturated carbocycles. The van der Waals surface area contributed by atoms with Crippen LogP contribution < -0.4 is 22.1 Å². The van der Waals surface area contributed by atoms with Crippen LogP contribution in [-0.4, -0.2) is 6.03 Å². The molecule has 0 atom stereocenters. The van der Waals surface area contributed by atoms with Crippen molar-refractivity contribution in [2.45, 2.75) is 6.92 Å². The Bertz CT molecular complexity index is 464. The van der Waals surface area contributed by atoms with Crippen molar-refractivity contribution in [2.24, 2.45) is 11.7 Å². The number of anilines is 1. The lowest BCUT2D eigenvalue weighted by Gasteiger charge is -2.17. The van der Waals surface area contributed by atoms with Gasteiger partial charge >= 0.3 is 6.03 Å². The first-order chi connectivity index (χ1) is 7.61. The Hall–Kier alpha value is -1.30. The molecule has 0 aliphatic heterocycles. The van der Waals surface area contributed by atoms with Gasteiger partial charge < -0.3 is 0 Å². The highest BCUT2D eigenvalue weighted by molar-refractivity contribution is 14.1. The number of hydrazine groups is 2. The Morgan fingerprint density at radius 3 is 2.81 bits per heavy atom. The van der Waals surface area contributed by atoms with Gasteiger partial charge in [-0.05, 0) is 41.6 Å². The van der Waals surface area contributed by atoms with E-state index in [0.29, 0.717) is 5.69 Å². The zero-order valence-electron chi connectivity index (χ0n) is 8.62. The Balaban J connectivity index is 3.18. The fourth-order valence-corrected chi connectivity index (χ4v) is 1.87. The number of carbonyl (C=O) groups is 1. The number of nitrogens with two attached hydrogens (primary N) is 2. The van der Waals surface area contributed by atoms with Crippen LogP contribution in [0.15, 0.2) is 18.2 Å². The van der Waals surface area contributed by atoms with E-state index in [-0.39, 0.29) is 0 Å². The van der Waals surface area contributed by atoms with E-state index >= 15 is 0 Å². The zero-order valence-corrected chi connectivity index (χ0v) is 10.8. The van der Waals surface area contributed by atoms with Crippen LogP contribution in [0.2, 0.25) is 0 Å². The molecule has 0 spiro atoms. The summed E-state index contributed by atoms with van der Waals surface area (Å²) >= 11 is 2.08. The summed E-state index contributed by atoms with van der Waals surface area (Å²) in [5.41, 5.74) is 3.34. The van der Waals surface area contributed by atoms with Crippen LogP contribution >= 0.6 is 22.6 Å². The lowest BCUT2D eigenvalue weighted by molar-refractivity contribution is 0.246. The predicted molar refractivity (Wildman–Crippen MR) is 71.1 cm³/mol. The maximum atomic E-state index is 11.3. The van der Waals surface area contributed by atoms with Gasteiger partial charge in [-0.3, -0.25) is 5.43 Å². The molecular weight excluding hydrogens is 319 g/mol. The van der Waals surface area contributed by atoms with Crippen molar-refractivity contribution in [3.05, 3.63) is 27.3 Å². The number of nitrogens with zero attached hydrogens (tertiary/aromatic N) is 1. The highest BCUT2D eigenvalue weighted by atomic mass is 127. The molecule has 0 saturated heterocycles. The summed E-state index contributed by atoms with van der Waals surface area (Å²) in [5, 5.41) is 0.947. The van der Waals surface area contributed by atoms with Crippen LogP contribution in [0, 0.1) is 15.4 Å². The molecule has 2 amide bonds. The highest BCUT2D eigenvalue weighted by Crippen LogP contribution is 2.23. The molecule has 0 aliphatic rings. The van der Waals surface area contributed by atoms with Crippen molar-refractivity contribution in [1.29, 1.82) is 0 Å². The normalized spacial score (nSPS) is 9.00. The number of benzene rings is 1. The van der Waals surface area contributed by atoms with Crippen molar-refractivity contribution >= 4 is 34.3 Å². The van der Waals surface area contributed by atoms with E-state index in [2.05, 4.69) is 34.4 Å². The maximum absolute atomic E-state index is 11.3. The minimum atomic E-state index is -0.584. The van der Waals surface area contributed by atoms with Gasteiger partial charge in [0.2, 0.25) is 0 Å². The van der Waals surface area contributed by atoms with Crippen LogP contribution in [0.4, 0.5) is 10.5 Å². The summed E-state index contributed by atoms with van der Waals surface area (Å²) in [6.45, 7) is 1.75. The fraction of sp³-hybridized carbons (Fsp3) is 0.100. The Morgan fingerprint density at radius 1 is 1.56 bits per heavy atom. The number of amides is 2. The molecule has 1 aromatic carbocycles. The smallest absolute Gasteiger partial charge is 0.274 e. The molecule has 1 rings (SSSR count). The van der Waals surface area contributed by atoms with Crippen molar-refractivity contribution < 1.29 is 4.79 Å². The third-order valence-electron chi connectivity index (χ3n) is 1.84. The van der Waals surface area contributed by atoms with Crippen molar-refractivity contribution in [2.75, 3.05) is 5.01 Å². The number of hydrogen-bond acceptors (Lipinski definition) is 3. The molecule has 0 heterocycles. The van der Waals surface area contributed by atoms with E-state index in [0.717, 1.165) is 14.1 Å². The monoisotopic (exact) mass is 330 g/mol. The first-order valence-corrected chi connectivity index (χ1v) is 5.46. The quantitative estimate of drug-likeness (QED) is 0.235. The summed E-state index contributed by atoms with van der Waals surface area (Å²) in [6.07, 6.45) is 0. The average Bonchev–Trinajstić information content (AvgIpc) is 2.30. The molecule has 0 unspecified atom stereocenters. The molecule has 1 aromatic rings. The second-order valence-corrected chi connectivity index (χ2v) is 3.91. The number of rotatable bonds is 1. The van der Waals surface area contributed by atoms with Gasteiger partial charge in [0.15, 0.2) is 0 Å². The molecule has 0 fully saturated rings. The lowest BCUT2D eigenvalue weighted by Crippen LogP contribution is -2.48. The van der Waals surface area contributed by atoms with Crippen LogP contribution in [0.3, 0.4) is 0 Å². The predicted octanol–water partition coefficient (Wildman–Crippen LogP) is 0.926. The second-order valence-electron chi connectivity index (χ2n) is 2.83. The Kier molecular flexibility index (Phi) is 4.54. The molecule has 5 nitrogen and oxygen atoms in total. The Labute approximate surface area is 107 Å². The summed E-state index contributed by atoms with van der Waals surface area (Å²) in [7, 11) is 0. The number of urea groups is 1.